The Labute approximate surface area is 109 Å². The van der Waals surface area contributed by atoms with Crippen LogP contribution in [0.25, 0.3) is 0 Å². The molecule has 1 fully saturated rings. The molecule has 5 nitrogen and oxygen atoms in total. The van der Waals surface area contributed by atoms with Crippen molar-refractivity contribution in [3.8, 4) is 0 Å². The fourth-order valence-corrected chi connectivity index (χ4v) is 2.16. The van der Waals surface area contributed by atoms with Crippen molar-refractivity contribution < 1.29 is 9.59 Å². The molecule has 18 heavy (non-hydrogen) atoms. The number of nitrogens with two attached hydrogens (primary N) is 1. The molecule has 0 spiro atoms. The monoisotopic (exact) mass is 255 g/mol. The Hall–Kier alpha value is -1.10. The summed E-state index contributed by atoms with van der Waals surface area (Å²) in [5.74, 6) is 0.0993. The Morgan fingerprint density at radius 2 is 1.89 bits per heavy atom. The van der Waals surface area contributed by atoms with Gasteiger partial charge in [0.2, 0.25) is 11.8 Å². The quantitative estimate of drug-likeness (QED) is 0.773. The average Bonchev–Trinajstić information content (AvgIpc) is 2.28. The van der Waals surface area contributed by atoms with E-state index in [2.05, 4.69) is 5.32 Å². The molecule has 0 aliphatic carbocycles. The molecule has 1 heterocycles. The molecule has 0 bridgehead atoms. The summed E-state index contributed by atoms with van der Waals surface area (Å²) < 4.78 is 0. The first-order valence-corrected chi connectivity index (χ1v) is 6.72. The van der Waals surface area contributed by atoms with Crippen molar-refractivity contribution in [3.05, 3.63) is 0 Å². The second-order valence-corrected chi connectivity index (χ2v) is 5.61. The van der Waals surface area contributed by atoms with E-state index in [9.17, 15) is 9.59 Å². The van der Waals surface area contributed by atoms with Crippen LogP contribution in [0.1, 0.15) is 46.5 Å². The molecule has 0 saturated carbocycles. The van der Waals surface area contributed by atoms with E-state index >= 15 is 0 Å². The molecule has 1 rings (SSSR count). The van der Waals surface area contributed by atoms with Crippen molar-refractivity contribution in [2.75, 3.05) is 13.1 Å². The zero-order valence-corrected chi connectivity index (χ0v) is 11.7. The number of nitrogens with one attached hydrogen (secondary N) is 1. The normalized spacial score (nSPS) is 17.7. The third-order valence-electron chi connectivity index (χ3n) is 3.18. The van der Waals surface area contributed by atoms with Gasteiger partial charge in [0.15, 0.2) is 0 Å². The topological polar surface area (TPSA) is 75.4 Å². The lowest BCUT2D eigenvalue weighted by atomic mass is 10.00. The maximum absolute atomic E-state index is 12.0. The maximum Gasteiger partial charge on any atom is 0.242 e. The average molecular weight is 255 g/mol. The van der Waals surface area contributed by atoms with Crippen LogP contribution in [0, 0.1) is 0 Å². The summed E-state index contributed by atoms with van der Waals surface area (Å²) in [7, 11) is 0. The van der Waals surface area contributed by atoms with Gasteiger partial charge >= 0.3 is 0 Å². The molecule has 3 N–H and O–H groups in total. The van der Waals surface area contributed by atoms with E-state index in [-0.39, 0.29) is 17.9 Å². The van der Waals surface area contributed by atoms with E-state index in [0.717, 1.165) is 19.3 Å². The lowest BCUT2D eigenvalue weighted by Gasteiger charge is -2.35. The first-order chi connectivity index (χ1) is 8.34. The minimum Gasteiger partial charge on any atom is -0.353 e. The zero-order chi connectivity index (χ0) is 13.8. The van der Waals surface area contributed by atoms with Gasteiger partial charge in [0.25, 0.3) is 0 Å². The van der Waals surface area contributed by atoms with Crippen molar-refractivity contribution in [3.63, 3.8) is 0 Å². The van der Waals surface area contributed by atoms with Gasteiger partial charge in [-0.3, -0.25) is 9.59 Å². The van der Waals surface area contributed by atoms with E-state index in [1.807, 2.05) is 6.92 Å². The van der Waals surface area contributed by atoms with Crippen LogP contribution in [-0.4, -0.2) is 41.4 Å². The van der Waals surface area contributed by atoms with Crippen LogP contribution in [0.2, 0.25) is 0 Å². The molecule has 5 heteroatoms. The molecule has 0 radical (unpaired) electrons. The van der Waals surface area contributed by atoms with Gasteiger partial charge in [0.05, 0.1) is 5.54 Å². The molecule has 1 saturated heterocycles. The van der Waals surface area contributed by atoms with Crippen LogP contribution in [0.4, 0.5) is 0 Å². The molecular formula is C13H25N3O2. The minimum atomic E-state index is -0.807. The summed E-state index contributed by atoms with van der Waals surface area (Å²) in [5.41, 5.74) is 5.00. The summed E-state index contributed by atoms with van der Waals surface area (Å²) in [5, 5.41) is 3.01. The van der Waals surface area contributed by atoms with Gasteiger partial charge in [-0.1, -0.05) is 6.92 Å². The molecule has 1 aliphatic heterocycles. The van der Waals surface area contributed by atoms with E-state index in [1.165, 1.54) is 0 Å². The van der Waals surface area contributed by atoms with Crippen LogP contribution >= 0.6 is 0 Å². The van der Waals surface area contributed by atoms with Crippen molar-refractivity contribution in [1.82, 2.24) is 10.2 Å². The van der Waals surface area contributed by atoms with Gasteiger partial charge in [-0.05, 0) is 33.1 Å². The predicted molar refractivity (Wildman–Crippen MR) is 70.9 cm³/mol. The van der Waals surface area contributed by atoms with Crippen LogP contribution in [0.3, 0.4) is 0 Å². The van der Waals surface area contributed by atoms with Crippen molar-refractivity contribution in [1.29, 1.82) is 0 Å². The standard InChI is InChI=1S/C13H25N3O2/c1-4-5-11(17)15-10-6-8-16(9-7-10)12(18)13(2,3)14/h10H,4-9,14H2,1-3H3,(H,15,17). The lowest BCUT2D eigenvalue weighted by Crippen LogP contribution is -2.55. The minimum absolute atomic E-state index is 0.0131. The summed E-state index contributed by atoms with van der Waals surface area (Å²) in [6.45, 7) is 6.80. The molecule has 2 amide bonds. The molecular weight excluding hydrogens is 230 g/mol. The van der Waals surface area contributed by atoms with Gasteiger partial charge < -0.3 is 16.0 Å². The second kappa shape index (κ2) is 6.18. The first kappa shape index (κ1) is 15.0. The van der Waals surface area contributed by atoms with Crippen LogP contribution < -0.4 is 11.1 Å². The summed E-state index contributed by atoms with van der Waals surface area (Å²) in [6.07, 6.45) is 3.08. The van der Waals surface area contributed by atoms with Gasteiger partial charge in [-0.15, -0.1) is 0 Å². The number of carbonyl (C=O) groups is 2. The highest BCUT2D eigenvalue weighted by molar-refractivity contribution is 5.85. The molecule has 0 unspecified atom stereocenters. The Morgan fingerprint density at radius 3 is 2.33 bits per heavy atom. The van der Waals surface area contributed by atoms with E-state index in [4.69, 9.17) is 5.73 Å². The summed E-state index contributed by atoms with van der Waals surface area (Å²) in [6, 6.07) is 0.203. The van der Waals surface area contributed by atoms with Crippen molar-refractivity contribution in [2.45, 2.75) is 58.0 Å². The number of piperidine rings is 1. The number of hydrogen-bond acceptors (Lipinski definition) is 3. The SMILES string of the molecule is CCCC(=O)NC1CCN(C(=O)C(C)(C)N)CC1. The van der Waals surface area contributed by atoms with E-state index in [1.54, 1.807) is 18.7 Å². The number of carbonyl (C=O) groups excluding carboxylic acids is 2. The van der Waals surface area contributed by atoms with Crippen molar-refractivity contribution >= 4 is 11.8 Å². The van der Waals surface area contributed by atoms with Crippen molar-refractivity contribution in [2.24, 2.45) is 5.73 Å². The Morgan fingerprint density at radius 1 is 1.33 bits per heavy atom. The first-order valence-electron chi connectivity index (χ1n) is 6.72. The number of likely N-dealkylation sites (tertiary alicyclic amines) is 1. The molecule has 0 aromatic heterocycles. The fourth-order valence-electron chi connectivity index (χ4n) is 2.16. The van der Waals surface area contributed by atoms with Gasteiger partial charge in [0, 0.05) is 25.6 Å². The summed E-state index contributed by atoms with van der Waals surface area (Å²) in [4.78, 5) is 25.2. The van der Waals surface area contributed by atoms with E-state index in [0.29, 0.717) is 19.5 Å². The molecule has 1 aliphatic rings. The van der Waals surface area contributed by atoms with Crippen LogP contribution in [-0.2, 0) is 9.59 Å². The van der Waals surface area contributed by atoms with Crippen LogP contribution in [0.5, 0.6) is 0 Å². The Bertz CT molecular complexity index is 302. The van der Waals surface area contributed by atoms with Gasteiger partial charge in [0.1, 0.15) is 0 Å². The third-order valence-corrected chi connectivity index (χ3v) is 3.18. The Balaban J connectivity index is 2.37. The second-order valence-electron chi connectivity index (χ2n) is 5.61. The van der Waals surface area contributed by atoms with Gasteiger partial charge in [-0.25, -0.2) is 0 Å². The summed E-state index contributed by atoms with van der Waals surface area (Å²) >= 11 is 0. The molecule has 104 valence electrons. The zero-order valence-electron chi connectivity index (χ0n) is 11.7. The number of amides is 2. The molecule has 0 aromatic carbocycles. The highest BCUT2D eigenvalue weighted by atomic mass is 16.2. The maximum atomic E-state index is 12.0. The third kappa shape index (κ3) is 4.29. The van der Waals surface area contributed by atoms with E-state index < -0.39 is 5.54 Å². The highest BCUT2D eigenvalue weighted by Gasteiger charge is 2.30. The smallest absolute Gasteiger partial charge is 0.242 e. The number of nitrogens with zero attached hydrogens (tertiary/aromatic N) is 1. The predicted octanol–water partition coefficient (Wildman–Crippen LogP) is 0.631. The molecule has 0 aromatic rings. The largest absolute Gasteiger partial charge is 0.353 e. The highest BCUT2D eigenvalue weighted by Crippen LogP contribution is 2.14. The Kier molecular flexibility index (Phi) is 5.14. The number of rotatable bonds is 4. The van der Waals surface area contributed by atoms with Gasteiger partial charge in [-0.2, -0.15) is 0 Å². The van der Waals surface area contributed by atoms with Crippen LogP contribution in [0.15, 0.2) is 0 Å². The number of hydrogen-bond donors (Lipinski definition) is 2. The fraction of sp³-hybridized carbons (Fsp3) is 0.846. The molecule has 0 atom stereocenters. The lowest BCUT2D eigenvalue weighted by molar-refractivity contribution is -0.137.